The van der Waals surface area contributed by atoms with E-state index in [4.69, 9.17) is 5.41 Å². The molecule has 37 valence electrons. The molecular formula is CH4BrCsIN2Pb. The fourth-order valence-electron chi connectivity index (χ4n) is 0. The van der Waals surface area contributed by atoms with Gasteiger partial charge in [0.1, 0.15) is 0 Å². The van der Waals surface area contributed by atoms with Gasteiger partial charge in [-0.1, -0.05) is 0 Å². The minimum atomic E-state index is 0. The summed E-state index contributed by atoms with van der Waals surface area (Å²) >= 11 is 0. The van der Waals surface area contributed by atoms with Crippen molar-refractivity contribution in [3.63, 3.8) is 0 Å². The van der Waals surface area contributed by atoms with Crippen molar-refractivity contribution in [2.75, 3.05) is 0 Å². The summed E-state index contributed by atoms with van der Waals surface area (Å²) in [5, 5.41) is 5.86. The maximum absolute atomic E-state index is 5.86. The zero-order valence-electron chi connectivity index (χ0n) is 3.91. The number of rotatable bonds is 0. The maximum atomic E-state index is 5.86. The summed E-state index contributed by atoms with van der Waals surface area (Å²) in [5.74, 6) is 0. The Balaban J connectivity index is -0.00000000333. The van der Waals surface area contributed by atoms with Crippen LogP contribution in [-0.2, 0) is 0 Å². The van der Waals surface area contributed by atoms with Gasteiger partial charge in [-0.05, 0) is 0 Å². The number of hydrogen-bond acceptors (Lipinski definition) is 1. The predicted molar refractivity (Wildman–Crippen MR) is 47.4 cm³/mol. The van der Waals surface area contributed by atoms with Crippen LogP contribution in [0.1, 0.15) is 0 Å². The average Bonchev–Trinajstić information content (AvgIpc) is 0.918. The summed E-state index contributed by atoms with van der Waals surface area (Å²) in [6, 6.07) is 0. The van der Waals surface area contributed by atoms with Crippen LogP contribution < -0.4 is 5.73 Å². The van der Waals surface area contributed by atoms with Gasteiger partial charge in [-0.2, -0.15) is 0 Å². The van der Waals surface area contributed by atoms with Crippen molar-refractivity contribution < 1.29 is 0 Å². The van der Waals surface area contributed by atoms with Gasteiger partial charge < -0.3 is 5.73 Å². The van der Waals surface area contributed by atoms with Crippen molar-refractivity contribution in [2.24, 2.45) is 5.73 Å². The van der Waals surface area contributed by atoms with E-state index in [1.165, 1.54) is 0 Å². The van der Waals surface area contributed by atoms with Gasteiger partial charge in [-0.3, -0.25) is 5.41 Å². The Kier molecular flexibility index (Phi) is 148. The Morgan fingerprint density at radius 2 is 1.43 bits per heavy atom. The van der Waals surface area contributed by atoms with Gasteiger partial charge in [-0.25, -0.2) is 0 Å². The molecule has 7 heavy (non-hydrogen) atoms. The van der Waals surface area contributed by atoms with Crippen LogP contribution >= 0.6 is 41.0 Å². The quantitative estimate of drug-likeness (QED) is 0.184. The molecule has 0 spiro atoms. The van der Waals surface area contributed by atoms with E-state index in [1.807, 2.05) is 0 Å². The molecule has 2 nitrogen and oxygen atoms in total. The van der Waals surface area contributed by atoms with Gasteiger partial charge in [0.2, 0.25) is 0 Å². The van der Waals surface area contributed by atoms with E-state index in [1.54, 1.807) is 0 Å². The molecule has 0 aromatic rings. The van der Waals surface area contributed by atoms with E-state index in [-0.39, 0.29) is 137 Å². The average molecular weight is 591 g/mol. The molecule has 0 saturated carbocycles. The normalized spacial score (nSPS) is 1.71. The molecule has 0 aliphatic heterocycles. The van der Waals surface area contributed by atoms with Crippen LogP contribution in [0.25, 0.3) is 0 Å². The third-order valence-electron chi connectivity index (χ3n) is 0. The summed E-state index contributed by atoms with van der Waals surface area (Å²) in [5.41, 5.74) is 4.39. The van der Waals surface area contributed by atoms with E-state index < -0.39 is 0 Å². The van der Waals surface area contributed by atoms with Crippen LogP contribution in [0.5, 0.6) is 0 Å². The molecule has 0 rings (SSSR count). The smallest absolute Gasteiger partial charge is 0.0765 e. The molecule has 0 atom stereocenters. The second-order valence-corrected chi connectivity index (χ2v) is 0.167. The van der Waals surface area contributed by atoms with Gasteiger partial charge in [0.15, 0.2) is 0 Å². The first-order valence-electron chi connectivity index (χ1n) is 0.622. The third kappa shape index (κ3) is 42.4. The van der Waals surface area contributed by atoms with Gasteiger partial charge in [0.05, 0.1) is 6.34 Å². The molecule has 0 aromatic heterocycles. The van der Waals surface area contributed by atoms with Crippen molar-refractivity contribution in [1.29, 1.82) is 5.41 Å². The summed E-state index contributed by atoms with van der Waals surface area (Å²) < 4.78 is 0. The Labute approximate surface area is 150 Å². The zero-order valence-corrected chi connectivity index (χ0v) is 17.8. The summed E-state index contributed by atoms with van der Waals surface area (Å²) in [4.78, 5) is 0. The minimum absolute atomic E-state index is 0. The monoisotopic (exact) mass is 591 g/mol. The Morgan fingerprint density at radius 1 is 1.43 bits per heavy atom. The number of halogens is 2. The zero-order chi connectivity index (χ0) is 2.71. The molecular weight excluding hydrogens is 587 g/mol. The first kappa shape index (κ1) is 31.1. The maximum Gasteiger partial charge on any atom is 0.0765 e. The molecule has 0 unspecified atom stereocenters. The number of nitrogens with two attached hydrogens (primary N) is 1. The van der Waals surface area contributed by atoms with Crippen LogP contribution in [0, 0.1) is 5.41 Å². The van der Waals surface area contributed by atoms with E-state index >= 15 is 0 Å². The second-order valence-electron chi connectivity index (χ2n) is 0.167. The fourth-order valence-corrected chi connectivity index (χ4v) is 0. The molecule has 3 N–H and O–H groups in total. The molecule has 0 fully saturated rings. The summed E-state index contributed by atoms with van der Waals surface area (Å²) in [6.07, 6.45) is 0.750. The van der Waals surface area contributed by atoms with E-state index in [0.29, 0.717) is 0 Å². The van der Waals surface area contributed by atoms with E-state index in [9.17, 15) is 0 Å². The van der Waals surface area contributed by atoms with Crippen molar-refractivity contribution in [2.45, 2.75) is 0 Å². The SMILES string of the molecule is N=CN.[Br].[Cs].[I].[Pb]. The predicted octanol–water partition coefficient (Wildman–Crippen LogP) is 0.522. The molecule has 7 radical (unpaired) electrons. The molecule has 0 saturated heterocycles. The van der Waals surface area contributed by atoms with Crippen molar-refractivity contribution in [3.05, 3.63) is 0 Å². The van der Waals surface area contributed by atoms with E-state index in [2.05, 4.69) is 5.73 Å². The number of hydrogen-bond donors (Lipinski definition) is 2. The molecule has 0 aliphatic rings. The second kappa shape index (κ2) is 33.4. The molecule has 0 aliphatic carbocycles. The molecule has 0 heterocycles. The van der Waals surface area contributed by atoms with Gasteiger partial charge >= 0.3 is 0 Å². The van der Waals surface area contributed by atoms with Crippen LogP contribution in [0.3, 0.4) is 0 Å². The van der Waals surface area contributed by atoms with Crippen molar-refractivity contribution in [3.8, 4) is 0 Å². The molecule has 0 amide bonds. The van der Waals surface area contributed by atoms with Gasteiger partial charge in [0.25, 0.3) is 0 Å². The van der Waals surface area contributed by atoms with E-state index in [0.717, 1.165) is 6.34 Å². The fraction of sp³-hybridized carbons (Fsp3) is 0. The summed E-state index contributed by atoms with van der Waals surface area (Å²) in [7, 11) is 0. The number of nitrogens with one attached hydrogen (secondary N) is 1. The minimum Gasteiger partial charge on any atom is -0.390 e. The molecule has 0 bridgehead atoms. The third-order valence-corrected chi connectivity index (χ3v) is 0. The Bertz CT molecular complexity index is 25.2. The van der Waals surface area contributed by atoms with Gasteiger partial charge in [-0.15, -0.1) is 0 Å². The molecule has 0 aromatic carbocycles. The molecule has 6 heteroatoms. The van der Waals surface area contributed by atoms with Crippen molar-refractivity contribution >= 4 is 143 Å². The Morgan fingerprint density at radius 3 is 1.43 bits per heavy atom. The summed E-state index contributed by atoms with van der Waals surface area (Å²) in [6.45, 7) is 0. The topological polar surface area (TPSA) is 49.9 Å². The van der Waals surface area contributed by atoms with Crippen LogP contribution in [0.2, 0.25) is 0 Å². The Hall–Kier alpha value is 3.65. The standard InChI is InChI=1S/CH4N2.Br.Cs.I.Pb/c2-1-3;;;;/h1H,(H3,2,3);;;;. The van der Waals surface area contributed by atoms with Crippen LogP contribution in [0.4, 0.5) is 0 Å². The first-order valence-corrected chi connectivity index (χ1v) is 0.622. The van der Waals surface area contributed by atoms with Crippen molar-refractivity contribution in [1.82, 2.24) is 0 Å². The van der Waals surface area contributed by atoms with Crippen LogP contribution in [0.15, 0.2) is 0 Å². The van der Waals surface area contributed by atoms with Gasteiger partial charge in [0, 0.05) is 137 Å². The largest absolute Gasteiger partial charge is 0.390 e. The van der Waals surface area contributed by atoms with Crippen LogP contribution in [-0.4, -0.2) is 103 Å². The first-order chi connectivity index (χ1) is 1.41.